The number of Topliss-reactive ketones (excluding diaryl/α,β-unsaturated/α-hetero) is 1. The highest BCUT2D eigenvalue weighted by Gasteiger charge is 2.51. The van der Waals surface area contributed by atoms with Crippen molar-refractivity contribution in [1.29, 1.82) is 0 Å². The average molecular weight is 385 g/mol. The van der Waals surface area contributed by atoms with E-state index < -0.39 is 17.4 Å². The molecule has 2 unspecified atom stereocenters. The standard InChI is InChI=1S/C20H25N4O4/c1-20(2,19(21)28)7-5-16(26)23-9-6-14-18(23)15(25)12-24(14)17(27)10-13-4-3-8-22-11-13/h3-5,8,11,14,18H,6-7,9-10,12H2,1-2H3,(H2,21,28). The van der Waals surface area contributed by atoms with Crippen LogP contribution in [0.5, 0.6) is 0 Å². The van der Waals surface area contributed by atoms with Gasteiger partial charge in [0.1, 0.15) is 6.04 Å². The SMILES string of the molecule is CC(C)(C[CH]C(=O)N1CCC2C1C(=O)CN2C(=O)Cc1cccnc1)C(N)=O. The maximum atomic E-state index is 12.7. The highest BCUT2D eigenvalue weighted by Crippen LogP contribution is 2.31. The van der Waals surface area contributed by atoms with E-state index in [1.165, 1.54) is 11.3 Å². The third kappa shape index (κ3) is 3.90. The largest absolute Gasteiger partial charge is 0.369 e. The summed E-state index contributed by atoms with van der Waals surface area (Å²) in [7, 11) is 0. The van der Waals surface area contributed by atoms with Crippen molar-refractivity contribution in [3.8, 4) is 0 Å². The monoisotopic (exact) mass is 385 g/mol. The topological polar surface area (TPSA) is 114 Å². The van der Waals surface area contributed by atoms with Crippen LogP contribution in [0.25, 0.3) is 0 Å². The maximum absolute atomic E-state index is 12.7. The lowest BCUT2D eigenvalue weighted by Gasteiger charge is -2.26. The van der Waals surface area contributed by atoms with Crippen LogP contribution in [0.15, 0.2) is 24.5 Å². The van der Waals surface area contributed by atoms with Crippen LogP contribution in [-0.2, 0) is 25.6 Å². The van der Waals surface area contributed by atoms with E-state index in [0.717, 1.165) is 5.56 Å². The quantitative estimate of drug-likeness (QED) is 0.747. The Kier molecular flexibility index (Phi) is 5.49. The molecule has 2 atom stereocenters. The van der Waals surface area contributed by atoms with E-state index in [1.54, 1.807) is 37.2 Å². The molecule has 2 aliphatic rings. The van der Waals surface area contributed by atoms with Crippen molar-refractivity contribution in [2.24, 2.45) is 11.1 Å². The van der Waals surface area contributed by atoms with E-state index in [9.17, 15) is 19.2 Å². The highest BCUT2D eigenvalue weighted by atomic mass is 16.2. The third-order valence-electron chi connectivity index (χ3n) is 5.56. The van der Waals surface area contributed by atoms with Crippen LogP contribution < -0.4 is 5.73 Å². The molecule has 2 N–H and O–H groups in total. The van der Waals surface area contributed by atoms with Crippen LogP contribution in [0, 0.1) is 11.8 Å². The van der Waals surface area contributed by atoms with Gasteiger partial charge in [-0.05, 0) is 24.5 Å². The first-order valence-corrected chi connectivity index (χ1v) is 9.35. The van der Waals surface area contributed by atoms with E-state index in [-0.39, 0.29) is 43.0 Å². The number of aromatic nitrogens is 1. The molecule has 1 aromatic rings. The van der Waals surface area contributed by atoms with Crippen LogP contribution in [0.1, 0.15) is 32.3 Å². The number of amides is 3. The van der Waals surface area contributed by atoms with Crippen LogP contribution in [0.4, 0.5) is 0 Å². The summed E-state index contributed by atoms with van der Waals surface area (Å²) < 4.78 is 0. The van der Waals surface area contributed by atoms with E-state index in [0.29, 0.717) is 13.0 Å². The Bertz CT molecular complexity index is 793. The van der Waals surface area contributed by atoms with Crippen molar-refractivity contribution < 1.29 is 19.2 Å². The van der Waals surface area contributed by atoms with Crippen molar-refractivity contribution in [3.63, 3.8) is 0 Å². The zero-order valence-corrected chi connectivity index (χ0v) is 16.1. The maximum Gasteiger partial charge on any atom is 0.227 e. The molecule has 3 amide bonds. The fraction of sp³-hybridized carbons (Fsp3) is 0.500. The fourth-order valence-electron chi connectivity index (χ4n) is 3.73. The van der Waals surface area contributed by atoms with Crippen molar-refractivity contribution in [3.05, 3.63) is 36.5 Å². The summed E-state index contributed by atoms with van der Waals surface area (Å²) in [5.41, 5.74) is 5.30. The summed E-state index contributed by atoms with van der Waals surface area (Å²) in [5.74, 6) is -1.04. The molecule has 3 rings (SSSR count). The molecule has 0 spiro atoms. The highest BCUT2D eigenvalue weighted by molar-refractivity contribution is 5.99. The molecule has 1 aromatic heterocycles. The smallest absolute Gasteiger partial charge is 0.227 e. The van der Waals surface area contributed by atoms with Crippen LogP contribution in [-0.4, -0.2) is 63.5 Å². The fourth-order valence-corrected chi connectivity index (χ4v) is 3.73. The first-order chi connectivity index (χ1) is 13.2. The van der Waals surface area contributed by atoms with Gasteiger partial charge in [-0.2, -0.15) is 0 Å². The van der Waals surface area contributed by atoms with Gasteiger partial charge < -0.3 is 15.5 Å². The number of nitrogens with two attached hydrogens (primary N) is 1. The molecule has 149 valence electrons. The van der Waals surface area contributed by atoms with Gasteiger partial charge in [0.25, 0.3) is 0 Å². The van der Waals surface area contributed by atoms with Gasteiger partial charge in [-0.1, -0.05) is 19.9 Å². The number of likely N-dealkylation sites (tertiary alicyclic amines) is 2. The second kappa shape index (κ2) is 7.69. The first kappa shape index (κ1) is 20.0. The molecule has 0 bridgehead atoms. The Hall–Kier alpha value is -2.77. The van der Waals surface area contributed by atoms with Crippen LogP contribution >= 0.6 is 0 Å². The minimum Gasteiger partial charge on any atom is -0.369 e. The van der Waals surface area contributed by atoms with E-state index >= 15 is 0 Å². The van der Waals surface area contributed by atoms with Gasteiger partial charge in [0.15, 0.2) is 5.78 Å². The molecule has 1 radical (unpaired) electrons. The summed E-state index contributed by atoms with van der Waals surface area (Å²) in [5, 5.41) is 0. The molecule has 3 heterocycles. The number of hydrogen-bond acceptors (Lipinski definition) is 5. The summed E-state index contributed by atoms with van der Waals surface area (Å²) in [6.45, 7) is 3.77. The van der Waals surface area contributed by atoms with Gasteiger partial charge in [-0.15, -0.1) is 0 Å². The molecule has 8 heteroatoms. The Morgan fingerprint density at radius 2 is 2.07 bits per heavy atom. The second-order valence-corrected chi connectivity index (χ2v) is 8.01. The van der Waals surface area contributed by atoms with Crippen LogP contribution in [0.2, 0.25) is 0 Å². The molecule has 28 heavy (non-hydrogen) atoms. The number of nitrogens with zero attached hydrogens (tertiary/aromatic N) is 3. The van der Waals surface area contributed by atoms with Gasteiger partial charge in [0, 0.05) is 24.4 Å². The molecule has 0 aliphatic carbocycles. The average Bonchev–Trinajstić information content (AvgIpc) is 3.22. The summed E-state index contributed by atoms with van der Waals surface area (Å²) in [6, 6.07) is 2.68. The number of pyridine rings is 1. The number of fused-ring (bicyclic) bond motifs is 1. The predicted octanol–water partition coefficient (Wildman–Crippen LogP) is 0.111. The summed E-state index contributed by atoms with van der Waals surface area (Å²) in [4.78, 5) is 56.4. The van der Waals surface area contributed by atoms with Crippen molar-refractivity contribution in [2.75, 3.05) is 13.1 Å². The molecule has 2 saturated heterocycles. The Morgan fingerprint density at radius 1 is 1.32 bits per heavy atom. The van der Waals surface area contributed by atoms with Crippen molar-refractivity contribution in [2.45, 2.75) is 45.2 Å². The first-order valence-electron chi connectivity index (χ1n) is 9.35. The Morgan fingerprint density at radius 3 is 2.71 bits per heavy atom. The lowest BCUT2D eigenvalue weighted by Crippen LogP contribution is -2.44. The van der Waals surface area contributed by atoms with E-state index in [1.807, 2.05) is 6.07 Å². The number of carbonyl (C=O) groups excluding carboxylic acids is 4. The van der Waals surface area contributed by atoms with Gasteiger partial charge in [-0.3, -0.25) is 24.2 Å². The molecule has 0 saturated carbocycles. The molecular weight excluding hydrogens is 360 g/mol. The van der Waals surface area contributed by atoms with Crippen molar-refractivity contribution in [1.82, 2.24) is 14.8 Å². The Labute approximate surface area is 164 Å². The zero-order chi connectivity index (χ0) is 20.5. The van der Waals surface area contributed by atoms with Crippen LogP contribution in [0.3, 0.4) is 0 Å². The molecule has 8 nitrogen and oxygen atoms in total. The summed E-state index contributed by atoms with van der Waals surface area (Å²) >= 11 is 0. The normalized spacial score (nSPS) is 21.7. The molecule has 0 aromatic carbocycles. The molecule has 2 aliphatic heterocycles. The van der Waals surface area contributed by atoms with Crippen molar-refractivity contribution >= 4 is 23.5 Å². The van der Waals surface area contributed by atoms with Gasteiger partial charge >= 0.3 is 0 Å². The van der Waals surface area contributed by atoms with Gasteiger partial charge in [-0.25, -0.2) is 0 Å². The third-order valence-corrected chi connectivity index (χ3v) is 5.56. The molecule has 2 fully saturated rings. The number of ketones is 1. The molecular formula is C20H25N4O4. The number of rotatable bonds is 6. The lowest BCUT2D eigenvalue weighted by molar-refractivity contribution is -0.134. The predicted molar refractivity (Wildman–Crippen MR) is 100 cm³/mol. The summed E-state index contributed by atoms with van der Waals surface area (Å²) in [6.07, 6.45) is 5.63. The van der Waals surface area contributed by atoms with Gasteiger partial charge in [0.2, 0.25) is 17.7 Å². The van der Waals surface area contributed by atoms with E-state index in [2.05, 4.69) is 4.98 Å². The van der Waals surface area contributed by atoms with E-state index in [4.69, 9.17) is 5.73 Å². The second-order valence-electron chi connectivity index (χ2n) is 8.01. The lowest BCUT2D eigenvalue weighted by atomic mass is 9.87. The Balaban J connectivity index is 1.64. The minimum absolute atomic E-state index is 0.0188. The zero-order valence-electron chi connectivity index (χ0n) is 16.1. The number of carbonyl (C=O) groups is 4. The minimum atomic E-state index is -0.833. The number of hydrogen-bond donors (Lipinski definition) is 1. The number of primary amides is 1. The van der Waals surface area contributed by atoms with Gasteiger partial charge in [0.05, 0.1) is 25.4 Å².